The number of hydrogen-bond acceptors (Lipinski definition) is 5. The summed E-state index contributed by atoms with van der Waals surface area (Å²) in [6.07, 6.45) is 0.260. The van der Waals surface area contributed by atoms with Crippen LogP contribution in [0.2, 0.25) is 0 Å². The number of carbonyl (C=O) groups excluding carboxylic acids is 1. The molecule has 96 valence electrons. The molecule has 5 heteroatoms. The molecule has 5 nitrogen and oxygen atoms in total. The minimum atomic E-state index is -0.258. The summed E-state index contributed by atoms with van der Waals surface area (Å²) in [6.45, 7) is 2.56. The van der Waals surface area contributed by atoms with Gasteiger partial charge < -0.3 is 14.8 Å². The van der Waals surface area contributed by atoms with Crippen molar-refractivity contribution in [1.82, 2.24) is 0 Å². The lowest BCUT2D eigenvalue weighted by Crippen LogP contribution is -2.11. The second kappa shape index (κ2) is 7.17. The highest BCUT2D eigenvalue weighted by atomic mass is 16.5. The molecule has 0 amide bonds. The zero-order valence-electron chi connectivity index (χ0n) is 10.5. The van der Waals surface area contributed by atoms with Gasteiger partial charge in [0.15, 0.2) is 0 Å². The number of methoxy groups -OCH3 is 1. The molecular weight excluding hydrogens is 232 g/mol. The predicted octanol–water partition coefficient (Wildman–Crippen LogP) is 1.93. The Morgan fingerprint density at radius 1 is 1.50 bits per heavy atom. The summed E-state index contributed by atoms with van der Waals surface area (Å²) < 4.78 is 9.89. The van der Waals surface area contributed by atoms with E-state index in [0.29, 0.717) is 30.2 Å². The Bertz CT molecular complexity index is 452. The van der Waals surface area contributed by atoms with Gasteiger partial charge in [0.05, 0.1) is 31.4 Å². The summed E-state index contributed by atoms with van der Waals surface area (Å²) >= 11 is 0. The number of nitrogens with one attached hydrogen (secondary N) is 1. The first kappa shape index (κ1) is 13.8. The Balaban J connectivity index is 2.60. The van der Waals surface area contributed by atoms with Crippen LogP contribution in [-0.4, -0.2) is 26.2 Å². The second-order valence-corrected chi connectivity index (χ2v) is 3.51. The van der Waals surface area contributed by atoms with Crippen LogP contribution in [0.1, 0.15) is 18.9 Å². The molecule has 0 saturated heterocycles. The number of anilines is 1. The molecule has 18 heavy (non-hydrogen) atoms. The molecule has 1 aromatic rings. The SMILES string of the molecule is CCOC(=O)CCNc1cc(OC)ccc1C#N. The number of nitriles is 1. The fourth-order valence-electron chi connectivity index (χ4n) is 1.43. The largest absolute Gasteiger partial charge is 0.497 e. The normalized spacial score (nSPS) is 9.39. The molecule has 0 aromatic heterocycles. The number of ether oxygens (including phenoxy) is 2. The third kappa shape index (κ3) is 3.98. The van der Waals surface area contributed by atoms with Crippen LogP contribution >= 0.6 is 0 Å². The summed E-state index contributed by atoms with van der Waals surface area (Å²) in [5, 5.41) is 12.0. The lowest BCUT2D eigenvalue weighted by Gasteiger charge is -2.09. The van der Waals surface area contributed by atoms with Crippen molar-refractivity contribution in [3.63, 3.8) is 0 Å². The zero-order chi connectivity index (χ0) is 13.4. The van der Waals surface area contributed by atoms with Gasteiger partial charge in [-0.3, -0.25) is 4.79 Å². The first-order valence-corrected chi connectivity index (χ1v) is 5.69. The van der Waals surface area contributed by atoms with Crippen molar-refractivity contribution in [2.24, 2.45) is 0 Å². The Labute approximate surface area is 106 Å². The first-order chi connectivity index (χ1) is 8.71. The number of esters is 1. The fraction of sp³-hybridized carbons (Fsp3) is 0.385. The number of benzene rings is 1. The van der Waals surface area contributed by atoms with E-state index >= 15 is 0 Å². The Kier molecular flexibility index (Phi) is 5.52. The van der Waals surface area contributed by atoms with Crippen molar-refractivity contribution in [2.75, 3.05) is 25.6 Å². The quantitative estimate of drug-likeness (QED) is 0.779. The van der Waals surface area contributed by atoms with Crippen molar-refractivity contribution in [3.8, 4) is 11.8 Å². The topological polar surface area (TPSA) is 71.3 Å². The van der Waals surface area contributed by atoms with Crippen molar-refractivity contribution in [3.05, 3.63) is 23.8 Å². The summed E-state index contributed by atoms with van der Waals surface area (Å²) in [6, 6.07) is 7.19. The van der Waals surface area contributed by atoms with E-state index in [1.807, 2.05) is 0 Å². The van der Waals surface area contributed by atoms with Gasteiger partial charge in [0.2, 0.25) is 0 Å². The van der Waals surface area contributed by atoms with Crippen LogP contribution in [0.4, 0.5) is 5.69 Å². The monoisotopic (exact) mass is 248 g/mol. The Morgan fingerprint density at radius 2 is 2.28 bits per heavy atom. The molecule has 0 aliphatic heterocycles. The summed E-state index contributed by atoms with van der Waals surface area (Å²) in [7, 11) is 1.56. The molecule has 0 heterocycles. The minimum absolute atomic E-state index is 0.258. The highest BCUT2D eigenvalue weighted by Gasteiger charge is 2.05. The highest BCUT2D eigenvalue weighted by Crippen LogP contribution is 2.21. The van der Waals surface area contributed by atoms with E-state index in [0.717, 1.165) is 0 Å². The molecule has 1 rings (SSSR count). The van der Waals surface area contributed by atoms with Crippen molar-refractivity contribution in [1.29, 1.82) is 5.26 Å². The van der Waals surface area contributed by atoms with Gasteiger partial charge in [-0.25, -0.2) is 0 Å². The Hall–Kier alpha value is -2.22. The van der Waals surface area contributed by atoms with Gasteiger partial charge in [0.1, 0.15) is 11.8 Å². The molecule has 0 aliphatic carbocycles. The smallest absolute Gasteiger partial charge is 0.307 e. The highest BCUT2D eigenvalue weighted by molar-refractivity contribution is 5.70. The lowest BCUT2D eigenvalue weighted by molar-refractivity contribution is -0.142. The van der Waals surface area contributed by atoms with Crippen molar-refractivity contribution >= 4 is 11.7 Å². The molecule has 0 spiro atoms. The molecule has 0 aliphatic rings. The van der Waals surface area contributed by atoms with Crippen LogP contribution in [0, 0.1) is 11.3 Å². The molecule has 0 atom stereocenters. The molecule has 0 bridgehead atoms. The van der Waals surface area contributed by atoms with Crippen LogP contribution < -0.4 is 10.1 Å². The number of hydrogen-bond donors (Lipinski definition) is 1. The van der Waals surface area contributed by atoms with Crippen LogP contribution in [0.25, 0.3) is 0 Å². The predicted molar refractivity (Wildman–Crippen MR) is 67.4 cm³/mol. The van der Waals surface area contributed by atoms with E-state index < -0.39 is 0 Å². The van der Waals surface area contributed by atoms with E-state index in [2.05, 4.69) is 11.4 Å². The molecular formula is C13H16N2O3. The molecule has 1 aromatic carbocycles. The van der Waals surface area contributed by atoms with E-state index in [1.54, 1.807) is 32.2 Å². The van der Waals surface area contributed by atoms with E-state index in [1.165, 1.54) is 0 Å². The maximum atomic E-state index is 11.2. The van der Waals surface area contributed by atoms with Gasteiger partial charge in [-0.2, -0.15) is 5.26 Å². The van der Waals surface area contributed by atoms with Crippen LogP contribution in [-0.2, 0) is 9.53 Å². The maximum Gasteiger partial charge on any atom is 0.307 e. The molecule has 0 radical (unpaired) electrons. The lowest BCUT2D eigenvalue weighted by atomic mass is 10.2. The van der Waals surface area contributed by atoms with Crippen molar-refractivity contribution < 1.29 is 14.3 Å². The molecule has 0 unspecified atom stereocenters. The molecule has 0 saturated carbocycles. The minimum Gasteiger partial charge on any atom is -0.497 e. The van der Waals surface area contributed by atoms with Crippen molar-refractivity contribution in [2.45, 2.75) is 13.3 Å². The van der Waals surface area contributed by atoms with Gasteiger partial charge in [0, 0.05) is 12.6 Å². The zero-order valence-corrected chi connectivity index (χ0v) is 10.5. The van der Waals surface area contributed by atoms with Crippen LogP contribution in [0.15, 0.2) is 18.2 Å². The third-order valence-electron chi connectivity index (χ3n) is 2.30. The van der Waals surface area contributed by atoms with E-state index in [9.17, 15) is 4.79 Å². The first-order valence-electron chi connectivity index (χ1n) is 5.69. The van der Waals surface area contributed by atoms with Gasteiger partial charge in [-0.05, 0) is 19.1 Å². The Morgan fingerprint density at radius 3 is 2.89 bits per heavy atom. The van der Waals surface area contributed by atoms with E-state index in [4.69, 9.17) is 14.7 Å². The van der Waals surface area contributed by atoms with Gasteiger partial charge >= 0.3 is 5.97 Å². The summed E-state index contributed by atoms with van der Waals surface area (Å²) in [4.78, 5) is 11.2. The number of nitrogens with zero attached hydrogens (tertiary/aromatic N) is 1. The maximum absolute atomic E-state index is 11.2. The summed E-state index contributed by atoms with van der Waals surface area (Å²) in [5.74, 6) is 0.402. The fourth-order valence-corrected chi connectivity index (χ4v) is 1.43. The average Bonchev–Trinajstić information content (AvgIpc) is 2.39. The van der Waals surface area contributed by atoms with Crippen LogP contribution in [0.3, 0.4) is 0 Å². The third-order valence-corrected chi connectivity index (χ3v) is 2.30. The van der Waals surface area contributed by atoms with Gasteiger partial charge in [0.25, 0.3) is 0 Å². The van der Waals surface area contributed by atoms with Gasteiger partial charge in [-0.1, -0.05) is 0 Å². The molecule has 0 fully saturated rings. The van der Waals surface area contributed by atoms with Gasteiger partial charge in [-0.15, -0.1) is 0 Å². The van der Waals surface area contributed by atoms with E-state index in [-0.39, 0.29) is 12.4 Å². The summed E-state index contributed by atoms with van der Waals surface area (Å²) in [5.41, 5.74) is 1.17. The van der Waals surface area contributed by atoms with Crippen LogP contribution in [0.5, 0.6) is 5.75 Å². The molecule has 1 N–H and O–H groups in total. The number of carbonyl (C=O) groups is 1. The number of rotatable bonds is 6. The average molecular weight is 248 g/mol. The second-order valence-electron chi connectivity index (χ2n) is 3.51. The standard InChI is InChI=1S/C13H16N2O3/c1-3-18-13(16)6-7-15-12-8-11(17-2)5-4-10(12)9-14/h4-5,8,15H,3,6-7H2,1-2H3.